The van der Waals surface area contributed by atoms with Crippen molar-refractivity contribution in [3.63, 3.8) is 0 Å². The zero-order chi connectivity index (χ0) is 10.2. The van der Waals surface area contributed by atoms with Crippen LogP contribution in [0.1, 0.15) is 10.4 Å². The minimum Gasteiger partial charge on any atom is -0.478 e. The molecule has 0 saturated carbocycles. The fourth-order valence-corrected chi connectivity index (χ4v) is 1.84. The Labute approximate surface area is 97.5 Å². The van der Waals surface area contributed by atoms with Crippen molar-refractivity contribution in [3.05, 3.63) is 31.2 Å². The van der Waals surface area contributed by atoms with Gasteiger partial charge in [0.05, 0.1) is 25.1 Å². The van der Waals surface area contributed by atoms with E-state index in [9.17, 15) is 4.79 Å². The summed E-state index contributed by atoms with van der Waals surface area (Å²) in [4.78, 5) is 10.6. The van der Waals surface area contributed by atoms with Crippen LogP contribution in [0.2, 0.25) is 15.1 Å². The molecule has 70 valence electrons. The third kappa shape index (κ3) is 2.10. The van der Waals surface area contributed by atoms with E-state index in [1.54, 1.807) is 0 Å². The van der Waals surface area contributed by atoms with E-state index >= 15 is 0 Å². The Morgan fingerprint density at radius 1 is 1.31 bits per heavy atom. The standard InChI is InChI=1S/C7H2BrCl3O2/c8-4-3(9)1-2(7(12)13)5(10)6(4)11/h1H,(H,12,13). The van der Waals surface area contributed by atoms with Crippen molar-refractivity contribution < 1.29 is 9.90 Å². The highest BCUT2D eigenvalue weighted by molar-refractivity contribution is 9.10. The van der Waals surface area contributed by atoms with Crippen molar-refractivity contribution in [2.75, 3.05) is 0 Å². The average Bonchev–Trinajstić information content (AvgIpc) is 2.07. The first-order valence-corrected chi connectivity index (χ1v) is 4.94. The predicted molar refractivity (Wildman–Crippen MR) is 56.1 cm³/mol. The van der Waals surface area contributed by atoms with E-state index < -0.39 is 5.97 Å². The van der Waals surface area contributed by atoms with Gasteiger partial charge in [-0.25, -0.2) is 4.79 Å². The van der Waals surface area contributed by atoms with Gasteiger partial charge in [-0.3, -0.25) is 0 Å². The van der Waals surface area contributed by atoms with Gasteiger partial charge in [-0.2, -0.15) is 0 Å². The Hall–Kier alpha value is 0.0400. The van der Waals surface area contributed by atoms with Crippen molar-refractivity contribution in [2.24, 2.45) is 0 Å². The van der Waals surface area contributed by atoms with E-state index in [0.29, 0.717) is 4.47 Å². The largest absolute Gasteiger partial charge is 0.478 e. The molecule has 0 aliphatic carbocycles. The third-order valence-electron chi connectivity index (χ3n) is 1.33. The summed E-state index contributed by atoms with van der Waals surface area (Å²) in [5.41, 5.74) is -0.111. The van der Waals surface area contributed by atoms with Crippen LogP contribution in [0.5, 0.6) is 0 Å². The maximum atomic E-state index is 10.6. The number of rotatable bonds is 1. The summed E-state index contributed by atoms with van der Waals surface area (Å²) >= 11 is 20.1. The topological polar surface area (TPSA) is 37.3 Å². The summed E-state index contributed by atoms with van der Waals surface area (Å²) in [6.45, 7) is 0. The van der Waals surface area contributed by atoms with Gasteiger partial charge in [0.25, 0.3) is 0 Å². The molecule has 0 heterocycles. The molecule has 0 radical (unpaired) electrons. The van der Waals surface area contributed by atoms with Crippen molar-refractivity contribution in [1.29, 1.82) is 0 Å². The SMILES string of the molecule is O=C(O)c1cc(Cl)c(Br)c(Cl)c1Cl. The van der Waals surface area contributed by atoms with E-state index in [-0.39, 0.29) is 20.6 Å². The molecule has 1 aromatic carbocycles. The van der Waals surface area contributed by atoms with Gasteiger partial charge in [0.15, 0.2) is 0 Å². The minimum absolute atomic E-state index is 0.0227. The zero-order valence-electron chi connectivity index (χ0n) is 5.94. The van der Waals surface area contributed by atoms with E-state index in [1.165, 1.54) is 6.07 Å². The Balaban J connectivity index is 3.50. The average molecular weight is 304 g/mol. The summed E-state index contributed by atoms with van der Waals surface area (Å²) in [5.74, 6) is -1.17. The summed E-state index contributed by atoms with van der Waals surface area (Å²) in [6, 6.07) is 1.24. The molecule has 0 atom stereocenters. The van der Waals surface area contributed by atoms with E-state index in [4.69, 9.17) is 39.9 Å². The zero-order valence-corrected chi connectivity index (χ0v) is 9.80. The number of halogens is 4. The van der Waals surface area contributed by atoms with E-state index in [1.807, 2.05) is 0 Å². The number of carboxylic acids is 1. The third-order valence-corrected chi connectivity index (χ3v) is 3.78. The Morgan fingerprint density at radius 3 is 2.31 bits per heavy atom. The van der Waals surface area contributed by atoms with Crippen LogP contribution < -0.4 is 0 Å². The fraction of sp³-hybridized carbons (Fsp3) is 0. The van der Waals surface area contributed by atoms with Gasteiger partial charge in [0.1, 0.15) is 0 Å². The molecule has 0 aliphatic heterocycles. The van der Waals surface area contributed by atoms with E-state index in [0.717, 1.165) is 0 Å². The van der Waals surface area contributed by atoms with Gasteiger partial charge in [-0.05, 0) is 22.0 Å². The number of carboxylic acid groups (broad SMARTS) is 1. The highest BCUT2D eigenvalue weighted by Gasteiger charge is 2.16. The molecule has 0 amide bonds. The lowest BCUT2D eigenvalue weighted by molar-refractivity contribution is 0.0697. The van der Waals surface area contributed by atoms with Gasteiger partial charge < -0.3 is 5.11 Å². The van der Waals surface area contributed by atoms with Crippen molar-refractivity contribution in [2.45, 2.75) is 0 Å². The highest BCUT2D eigenvalue weighted by Crippen LogP contribution is 2.38. The Morgan fingerprint density at radius 2 is 1.85 bits per heavy atom. The van der Waals surface area contributed by atoms with Crippen LogP contribution in [0.15, 0.2) is 10.5 Å². The molecule has 2 nitrogen and oxygen atoms in total. The van der Waals surface area contributed by atoms with Crippen LogP contribution in [-0.2, 0) is 0 Å². The molecule has 0 spiro atoms. The van der Waals surface area contributed by atoms with Gasteiger partial charge >= 0.3 is 5.97 Å². The second-order valence-electron chi connectivity index (χ2n) is 2.15. The first-order valence-electron chi connectivity index (χ1n) is 3.01. The number of aromatic carboxylic acids is 1. The molecule has 1 N–H and O–H groups in total. The molecule has 0 aliphatic rings. The van der Waals surface area contributed by atoms with Crippen molar-refractivity contribution >= 4 is 56.7 Å². The predicted octanol–water partition coefficient (Wildman–Crippen LogP) is 4.11. The summed E-state index contributed by atoms with van der Waals surface area (Å²) in [7, 11) is 0. The highest BCUT2D eigenvalue weighted by atomic mass is 79.9. The molecule has 1 rings (SSSR count). The number of hydrogen-bond acceptors (Lipinski definition) is 1. The van der Waals surface area contributed by atoms with Crippen LogP contribution >= 0.6 is 50.7 Å². The van der Waals surface area contributed by atoms with E-state index in [2.05, 4.69) is 15.9 Å². The normalized spacial score (nSPS) is 10.2. The minimum atomic E-state index is -1.17. The maximum absolute atomic E-state index is 10.6. The molecular formula is C7H2BrCl3O2. The second kappa shape index (κ2) is 4.05. The monoisotopic (exact) mass is 302 g/mol. The Bertz CT molecular complexity index is 378. The van der Waals surface area contributed by atoms with Gasteiger partial charge in [-0.1, -0.05) is 34.8 Å². The number of carbonyl (C=O) groups is 1. The van der Waals surface area contributed by atoms with Crippen LogP contribution in [0.3, 0.4) is 0 Å². The second-order valence-corrected chi connectivity index (χ2v) is 4.11. The number of benzene rings is 1. The molecule has 0 bridgehead atoms. The summed E-state index contributed by atoms with van der Waals surface area (Å²) in [6.07, 6.45) is 0. The van der Waals surface area contributed by atoms with Gasteiger partial charge in [0.2, 0.25) is 0 Å². The molecule has 1 aromatic rings. The Kier molecular flexibility index (Phi) is 3.46. The van der Waals surface area contributed by atoms with Gasteiger partial charge in [-0.15, -0.1) is 0 Å². The number of hydrogen-bond donors (Lipinski definition) is 1. The lowest BCUT2D eigenvalue weighted by Gasteiger charge is -2.04. The van der Waals surface area contributed by atoms with Crippen LogP contribution in [0.25, 0.3) is 0 Å². The van der Waals surface area contributed by atoms with Crippen molar-refractivity contribution in [1.82, 2.24) is 0 Å². The fourth-order valence-electron chi connectivity index (χ4n) is 0.728. The van der Waals surface area contributed by atoms with Crippen molar-refractivity contribution in [3.8, 4) is 0 Å². The maximum Gasteiger partial charge on any atom is 0.337 e. The summed E-state index contributed by atoms with van der Waals surface area (Å²) < 4.78 is 0.394. The molecule has 0 saturated heterocycles. The van der Waals surface area contributed by atoms with Crippen LogP contribution in [0, 0.1) is 0 Å². The van der Waals surface area contributed by atoms with Gasteiger partial charge in [0, 0.05) is 0 Å². The molecule has 13 heavy (non-hydrogen) atoms. The quantitative estimate of drug-likeness (QED) is 0.626. The molecule has 0 aromatic heterocycles. The van der Waals surface area contributed by atoms with Crippen LogP contribution in [-0.4, -0.2) is 11.1 Å². The molecule has 0 unspecified atom stereocenters. The lowest BCUT2D eigenvalue weighted by atomic mass is 10.2. The first-order chi connectivity index (χ1) is 5.95. The smallest absolute Gasteiger partial charge is 0.337 e. The molecule has 0 fully saturated rings. The first kappa shape index (κ1) is 11.1. The molecule has 6 heteroatoms. The lowest BCUT2D eigenvalue weighted by Crippen LogP contribution is -1.98. The summed E-state index contributed by atoms with van der Waals surface area (Å²) in [5, 5.41) is 8.98. The van der Waals surface area contributed by atoms with Crippen LogP contribution in [0.4, 0.5) is 0 Å². The molecular weight excluding hydrogens is 302 g/mol.